The molecule has 0 aliphatic carbocycles. The lowest BCUT2D eigenvalue weighted by Crippen LogP contribution is -2.28. The van der Waals surface area contributed by atoms with Gasteiger partial charge in [0.2, 0.25) is 5.91 Å². The molecule has 0 unspecified atom stereocenters. The largest absolute Gasteiger partial charge is 0.326 e. The summed E-state index contributed by atoms with van der Waals surface area (Å²) in [7, 11) is 0. The van der Waals surface area contributed by atoms with Crippen molar-refractivity contribution in [1.29, 1.82) is 0 Å². The fourth-order valence-electron chi connectivity index (χ4n) is 2.95. The first kappa shape index (κ1) is 16.0. The summed E-state index contributed by atoms with van der Waals surface area (Å²) in [5, 5.41) is 3.08. The molecule has 1 N–H and O–H groups in total. The van der Waals surface area contributed by atoms with Gasteiger partial charge in [-0.1, -0.05) is 44.9 Å². The molecule has 2 rings (SSSR count). The van der Waals surface area contributed by atoms with Gasteiger partial charge in [-0.25, -0.2) is 0 Å². The Morgan fingerprint density at radius 1 is 1.14 bits per heavy atom. The maximum absolute atomic E-state index is 12.2. The molecule has 1 heterocycles. The van der Waals surface area contributed by atoms with Crippen LogP contribution in [0.25, 0.3) is 0 Å². The van der Waals surface area contributed by atoms with Crippen molar-refractivity contribution in [2.75, 3.05) is 25.0 Å². The number of benzene rings is 1. The first-order valence-electron chi connectivity index (χ1n) is 8.28. The third kappa shape index (κ3) is 5.16. The number of carbonyl (C=O) groups is 1. The molecule has 0 aromatic heterocycles. The topological polar surface area (TPSA) is 32.3 Å². The average Bonchev–Trinajstić information content (AvgIpc) is 2.74. The highest BCUT2D eigenvalue weighted by molar-refractivity contribution is 5.91. The van der Waals surface area contributed by atoms with E-state index < -0.39 is 0 Å². The van der Waals surface area contributed by atoms with Crippen molar-refractivity contribution < 1.29 is 4.79 Å². The van der Waals surface area contributed by atoms with E-state index in [1.807, 2.05) is 18.2 Å². The minimum Gasteiger partial charge on any atom is -0.326 e. The molecule has 1 saturated heterocycles. The maximum Gasteiger partial charge on any atom is 0.225 e. The van der Waals surface area contributed by atoms with E-state index in [9.17, 15) is 4.79 Å². The Morgan fingerprint density at radius 3 is 2.48 bits per heavy atom. The summed E-state index contributed by atoms with van der Waals surface area (Å²) in [4.78, 5) is 14.6. The lowest BCUT2D eigenvalue weighted by atomic mass is 10.0. The molecule has 0 radical (unpaired) electrons. The van der Waals surface area contributed by atoms with Crippen molar-refractivity contribution in [3.63, 3.8) is 0 Å². The zero-order valence-corrected chi connectivity index (χ0v) is 13.4. The third-order valence-corrected chi connectivity index (χ3v) is 4.21. The predicted octanol–water partition coefficient (Wildman–Crippen LogP) is 4.01. The second-order valence-electron chi connectivity index (χ2n) is 6.30. The molecule has 1 fully saturated rings. The SMILES string of the molecule is CC(C)c1ccccc1NC(=O)CCN1CCCCCC1. The Bertz CT molecular complexity index is 448. The van der Waals surface area contributed by atoms with Crippen LogP contribution in [0.15, 0.2) is 24.3 Å². The average molecular weight is 288 g/mol. The number of amides is 1. The Labute approximate surface area is 128 Å². The summed E-state index contributed by atoms with van der Waals surface area (Å²) in [5.41, 5.74) is 2.17. The zero-order chi connectivity index (χ0) is 15.1. The van der Waals surface area contributed by atoms with Crippen LogP contribution >= 0.6 is 0 Å². The number of rotatable bonds is 5. The highest BCUT2D eigenvalue weighted by atomic mass is 16.1. The maximum atomic E-state index is 12.2. The summed E-state index contributed by atoms with van der Waals surface area (Å²) in [6, 6.07) is 8.10. The van der Waals surface area contributed by atoms with Crippen LogP contribution in [0.3, 0.4) is 0 Å². The van der Waals surface area contributed by atoms with Gasteiger partial charge in [-0.15, -0.1) is 0 Å². The van der Waals surface area contributed by atoms with E-state index >= 15 is 0 Å². The number of para-hydroxylation sites is 1. The molecular formula is C18H28N2O. The van der Waals surface area contributed by atoms with Crippen molar-refractivity contribution in [3.05, 3.63) is 29.8 Å². The van der Waals surface area contributed by atoms with Gasteiger partial charge in [0.1, 0.15) is 0 Å². The Morgan fingerprint density at radius 2 is 1.81 bits per heavy atom. The van der Waals surface area contributed by atoms with E-state index in [1.165, 1.54) is 31.2 Å². The summed E-state index contributed by atoms with van der Waals surface area (Å²) < 4.78 is 0. The molecule has 1 aliphatic rings. The van der Waals surface area contributed by atoms with Crippen LogP contribution in [-0.4, -0.2) is 30.4 Å². The number of nitrogens with zero attached hydrogens (tertiary/aromatic N) is 1. The van der Waals surface area contributed by atoms with Gasteiger partial charge in [-0.2, -0.15) is 0 Å². The van der Waals surface area contributed by atoms with Crippen LogP contribution < -0.4 is 5.32 Å². The normalized spacial score (nSPS) is 16.7. The van der Waals surface area contributed by atoms with Crippen molar-refractivity contribution in [3.8, 4) is 0 Å². The fraction of sp³-hybridized carbons (Fsp3) is 0.611. The molecule has 0 bridgehead atoms. The molecule has 1 aliphatic heterocycles. The summed E-state index contributed by atoms with van der Waals surface area (Å²) in [6.07, 6.45) is 5.82. The smallest absolute Gasteiger partial charge is 0.225 e. The highest BCUT2D eigenvalue weighted by Gasteiger charge is 2.12. The molecule has 0 atom stereocenters. The Balaban J connectivity index is 1.84. The molecule has 116 valence electrons. The summed E-state index contributed by atoms with van der Waals surface area (Å²) in [5.74, 6) is 0.555. The highest BCUT2D eigenvalue weighted by Crippen LogP contribution is 2.23. The van der Waals surface area contributed by atoms with Crippen molar-refractivity contribution in [2.45, 2.75) is 51.9 Å². The van der Waals surface area contributed by atoms with Crippen LogP contribution in [0.5, 0.6) is 0 Å². The zero-order valence-electron chi connectivity index (χ0n) is 13.4. The molecule has 3 heteroatoms. The van der Waals surface area contributed by atoms with Gasteiger partial charge < -0.3 is 10.2 Å². The number of hydrogen-bond acceptors (Lipinski definition) is 2. The second-order valence-corrected chi connectivity index (χ2v) is 6.30. The van der Waals surface area contributed by atoms with Crippen LogP contribution in [0, 0.1) is 0 Å². The predicted molar refractivity (Wildman–Crippen MR) is 88.7 cm³/mol. The summed E-state index contributed by atoms with van der Waals surface area (Å²) >= 11 is 0. The first-order valence-corrected chi connectivity index (χ1v) is 8.28. The van der Waals surface area contributed by atoms with Crippen molar-refractivity contribution >= 4 is 11.6 Å². The van der Waals surface area contributed by atoms with E-state index in [0.29, 0.717) is 12.3 Å². The van der Waals surface area contributed by atoms with Gasteiger partial charge in [0.25, 0.3) is 0 Å². The third-order valence-electron chi connectivity index (χ3n) is 4.21. The molecule has 1 aromatic carbocycles. The number of anilines is 1. The molecular weight excluding hydrogens is 260 g/mol. The minimum absolute atomic E-state index is 0.132. The first-order chi connectivity index (χ1) is 10.2. The lowest BCUT2D eigenvalue weighted by Gasteiger charge is -2.19. The van der Waals surface area contributed by atoms with Gasteiger partial charge in [-0.05, 0) is 43.5 Å². The van der Waals surface area contributed by atoms with Crippen LogP contribution in [-0.2, 0) is 4.79 Å². The van der Waals surface area contributed by atoms with Gasteiger partial charge in [-0.3, -0.25) is 4.79 Å². The fourth-order valence-corrected chi connectivity index (χ4v) is 2.95. The number of nitrogens with one attached hydrogen (secondary N) is 1. The van der Waals surface area contributed by atoms with Gasteiger partial charge in [0.05, 0.1) is 0 Å². The van der Waals surface area contributed by atoms with Crippen LogP contribution in [0.4, 0.5) is 5.69 Å². The molecule has 3 nitrogen and oxygen atoms in total. The number of hydrogen-bond donors (Lipinski definition) is 1. The molecule has 0 spiro atoms. The number of carbonyl (C=O) groups excluding carboxylic acids is 1. The van der Waals surface area contributed by atoms with E-state index in [-0.39, 0.29) is 5.91 Å². The van der Waals surface area contributed by atoms with Crippen LogP contribution in [0.2, 0.25) is 0 Å². The lowest BCUT2D eigenvalue weighted by molar-refractivity contribution is -0.116. The Kier molecular flexibility index (Phi) is 6.24. The summed E-state index contributed by atoms with van der Waals surface area (Å²) in [6.45, 7) is 7.49. The van der Waals surface area contributed by atoms with E-state index in [2.05, 4.69) is 30.1 Å². The van der Waals surface area contributed by atoms with E-state index in [0.717, 1.165) is 25.3 Å². The quantitative estimate of drug-likeness (QED) is 0.887. The molecule has 1 amide bonds. The second kappa shape index (κ2) is 8.18. The standard InChI is InChI=1S/C18H28N2O/c1-15(2)16-9-5-6-10-17(16)19-18(21)11-14-20-12-7-3-4-8-13-20/h5-6,9-10,15H,3-4,7-8,11-14H2,1-2H3,(H,19,21). The molecule has 1 aromatic rings. The molecule has 21 heavy (non-hydrogen) atoms. The van der Waals surface area contributed by atoms with Gasteiger partial charge >= 0.3 is 0 Å². The van der Waals surface area contributed by atoms with Crippen molar-refractivity contribution in [1.82, 2.24) is 4.90 Å². The van der Waals surface area contributed by atoms with E-state index in [1.54, 1.807) is 0 Å². The monoisotopic (exact) mass is 288 g/mol. The van der Waals surface area contributed by atoms with Crippen molar-refractivity contribution in [2.24, 2.45) is 0 Å². The van der Waals surface area contributed by atoms with Gasteiger partial charge in [0.15, 0.2) is 0 Å². The minimum atomic E-state index is 0.132. The Hall–Kier alpha value is -1.35. The van der Waals surface area contributed by atoms with Crippen LogP contribution in [0.1, 0.15) is 57.4 Å². The number of likely N-dealkylation sites (tertiary alicyclic amines) is 1. The molecule has 0 saturated carbocycles. The van der Waals surface area contributed by atoms with E-state index in [4.69, 9.17) is 0 Å². The van der Waals surface area contributed by atoms with Gasteiger partial charge in [0, 0.05) is 18.7 Å².